The van der Waals surface area contributed by atoms with Gasteiger partial charge in [0.15, 0.2) is 0 Å². The topological polar surface area (TPSA) is 47.1 Å². The summed E-state index contributed by atoms with van der Waals surface area (Å²) in [6, 6.07) is 1.19. The van der Waals surface area contributed by atoms with Gasteiger partial charge in [0.2, 0.25) is 0 Å². The van der Waals surface area contributed by atoms with Gasteiger partial charge in [0.05, 0.1) is 12.2 Å². The smallest absolute Gasteiger partial charge is 0.0538 e. The maximum Gasteiger partial charge on any atom is 0.0538 e. The molecule has 0 fully saturated rings. The first-order chi connectivity index (χ1) is 8.01. The summed E-state index contributed by atoms with van der Waals surface area (Å²) < 4.78 is 1.99. The fourth-order valence-electron chi connectivity index (χ4n) is 1.94. The zero-order valence-electron chi connectivity index (χ0n) is 11.7. The average Bonchev–Trinajstić information content (AvgIpc) is 2.78. The minimum absolute atomic E-state index is 0.262. The number of nitrogens with zero attached hydrogens (tertiary/aromatic N) is 3. The molecule has 2 N–H and O–H groups in total. The van der Waals surface area contributed by atoms with E-state index in [0.29, 0.717) is 18.6 Å². The Morgan fingerprint density at radius 2 is 2.06 bits per heavy atom. The molecular weight excluding hydrogens is 212 g/mol. The molecule has 1 heterocycles. The number of rotatable bonds is 6. The van der Waals surface area contributed by atoms with Crippen LogP contribution in [-0.2, 0) is 0 Å². The van der Waals surface area contributed by atoms with Crippen molar-refractivity contribution in [2.24, 2.45) is 5.73 Å². The highest BCUT2D eigenvalue weighted by Gasteiger charge is 2.20. The Morgan fingerprint density at radius 3 is 2.47 bits per heavy atom. The van der Waals surface area contributed by atoms with Crippen molar-refractivity contribution >= 4 is 0 Å². The van der Waals surface area contributed by atoms with Crippen LogP contribution in [0.15, 0.2) is 12.4 Å². The molecule has 2 atom stereocenters. The molecule has 0 saturated heterocycles. The summed E-state index contributed by atoms with van der Waals surface area (Å²) >= 11 is 0. The van der Waals surface area contributed by atoms with Crippen LogP contribution >= 0.6 is 0 Å². The van der Waals surface area contributed by atoms with Gasteiger partial charge in [0.25, 0.3) is 0 Å². The van der Waals surface area contributed by atoms with E-state index in [0.717, 1.165) is 6.42 Å². The van der Waals surface area contributed by atoms with Gasteiger partial charge < -0.3 is 5.73 Å². The van der Waals surface area contributed by atoms with Gasteiger partial charge in [-0.25, -0.2) is 0 Å². The van der Waals surface area contributed by atoms with Crippen molar-refractivity contribution in [1.29, 1.82) is 0 Å². The lowest BCUT2D eigenvalue weighted by Gasteiger charge is -2.31. The van der Waals surface area contributed by atoms with Gasteiger partial charge in [-0.15, -0.1) is 0 Å². The standard InChI is InChI=1S/C13H26N4/c1-6-11(4)16(5)13(7-14)12-8-15-17(9-12)10(2)3/h8-11,13H,6-7,14H2,1-5H3. The summed E-state index contributed by atoms with van der Waals surface area (Å²) in [4.78, 5) is 2.34. The lowest BCUT2D eigenvalue weighted by molar-refractivity contribution is 0.184. The van der Waals surface area contributed by atoms with E-state index >= 15 is 0 Å². The van der Waals surface area contributed by atoms with Gasteiger partial charge in [0, 0.05) is 30.4 Å². The van der Waals surface area contributed by atoms with Crippen LogP contribution in [0.5, 0.6) is 0 Å². The maximum absolute atomic E-state index is 5.90. The van der Waals surface area contributed by atoms with E-state index in [1.807, 2.05) is 10.9 Å². The van der Waals surface area contributed by atoms with E-state index in [1.54, 1.807) is 0 Å². The molecule has 0 aliphatic rings. The summed E-state index contributed by atoms with van der Waals surface area (Å²) in [5.41, 5.74) is 7.12. The molecule has 98 valence electrons. The highest BCUT2D eigenvalue weighted by Crippen LogP contribution is 2.21. The zero-order chi connectivity index (χ0) is 13.0. The average molecular weight is 238 g/mol. The molecule has 4 nitrogen and oxygen atoms in total. The second-order valence-corrected chi connectivity index (χ2v) is 5.02. The quantitative estimate of drug-likeness (QED) is 0.826. The molecule has 0 bridgehead atoms. The molecule has 0 saturated carbocycles. The van der Waals surface area contributed by atoms with Gasteiger partial charge in [-0.2, -0.15) is 5.10 Å². The third kappa shape index (κ3) is 3.30. The number of hydrogen-bond acceptors (Lipinski definition) is 3. The summed E-state index contributed by atoms with van der Waals surface area (Å²) in [5.74, 6) is 0. The zero-order valence-corrected chi connectivity index (χ0v) is 11.7. The van der Waals surface area contributed by atoms with Crippen LogP contribution in [0.2, 0.25) is 0 Å². The van der Waals surface area contributed by atoms with E-state index in [4.69, 9.17) is 5.73 Å². The normalized spacial score (nSPS) is 15.5. The minimum atomic E-state index is 0.262. The molecule has 1 rings (SSSR count). The molecule has 0 amide bonds. The molecule has 1 aromatic heterocycles. The van der Waals surface area contributed by atoms with Crippen molar-refractivity contribution in [3.05, 3.63) is 18.0 Å². The Balaban J connectivity index is 2.85. The van der Waals surface area contributed by atoms with Crippen LogP contribution in [-0.4, -0.2) is 34.3 Å². The summed E-state index contributed by atoms with van der Waals surface area (Å²) in [7, 11) is 2.14. The number of likely N-dealkylation sites (N-methyl/N-ethyl adjacent to an activating group) is 1. The minimum Gasteiger partial charge on any atom is -0.329 e. The molecule has 4 heteroatoms. The summed E-state index contributed by atoms with van der Waals surface area (Å²) in [5, 5.41) is 4.39. The van der Waals surface area contributed by atoms with Crippen molar-refractivity contribution in [2.75, 3.05) is 13.6 Å². The van der Waals surface area contributed by atoms with Gasteiger partial charge in [-0.3, -0.25) is 9.58 Å². The van der Waals surface area contributed by atoms with Crippen molar-refractivity contribution < 1.29 is 0 Å². The lowest BCUT2D eigenvalue weighted by Crippen LogP contribution is -2.36. The molecule has 0 radical (unpaired) electrons. The Labute approximate surface area is 105 Å². The lowest BCUT2D eigenvalue weighted by atomic mass is 10.1. The fraction of sp³-hybridized carbons (Fsp3) is 0.769. The predicted octanol–water partition coefficient (Wildman–Crippen LogP) is 2.19. The van der Waals surface area contributed by atoms with Gasteiger partial charge in [-0.05, 0) is 34.2 Å². The van der Waals surface area contributed by atoms with Gasteiger partial charge in [0.1, 0.15) is 0 Å². The first-order valence-corrected chi connectivity index (χ1v) is 6.47. The summed E-state index contributed by atoms with van der Waals surface area (Å²) in [6.45, 7) is 9.33. The van der Waals surface area contributed by atoms with E-state index in [1.165, 1.54) is 5.56 Å². The Bertz CT molecular complexity index is 332. The number of hydrogen-bond donors (Lipinski definition) is 1. The fourth-order valence-corrected chi connectivity index (χ4v) is 1.94. The molecule has 1 aromatic rings. The van der Waals surface area contributed by atoms with Crippen LogP contribution < -0.4 is 5.73 Å². The highest BCUT2D eigenvalue weighted by atomic mass is 15.3. The first kappa shape index (κ1) is 14.2. The largest absolute Gasteiger partial charge is 0.329 e. The molecule has 2 unspecified atom stereocenters. The SMILES string of the molecule is CCC(C)N(C)C(CN)c1cnn(C(C)C)c1. The van der Waals surface area contributed by atoms with Crippen LogP contribution in [0.25, 0.3) is 0 Å². The molecule has 0 aliphatic carbocycles. The van der Waals surface area contributed by atoms with Crippen LogP contribution in [0.4, 0.5) is 0 Å². The Kier molecular flexibility index (Phi) is 5.15. The molecular formula is C13H26N4. The van der Waals surface area contributed by atoms with Crippen LogP contribution in [0.1, 0.15) is 51.8 Å². The van der Waals surface area contributed by atoms with Gasteiger partial charge in [-0.1, -0.05) is 6.92 Å². The second-order valence-electron chi connectivity index (χ2n) is 5.02. The molecule has 0 aromatic carbocycles. The van der Waals surface area contributed by atoms with E-state index in [-0.39, 0.29) is 6.04 Å². The van der Waals surface area contributed by atoms with E-state index in [9.17, 15) is 0 Å². The van der Waals surface area contributed by atoms with Gasteiger partial charge >= 0.3 is 0 Å². The third-order valence-corrected chi connectivity index (χ3v) is 3.54. The van der Waals surface area contributed by atoms with E-state index < -0.39 is 0 Å². The predicted molar refractivity (Wildman–Crippen MR) is 71.9 cm³/mol. The second kappa shape index (κ2) is 6.17. The molecule has 17 heavy (non-hydrogen) atoms. The van der Waals surface area contributed by atoms with Crippen molar-refractivity contribution in [2.45, 2.75) is 52.2 Å². The Morgan fingerprint density at radius 1 is 1.41 bits per heavy atom. The van der Waals surface area contributed by atoms with Crippen molar-refractivity contribution in [3.63, 3.8) is 0 Å². The summed E-state index contributed by atoms with van der Waals surface area (Å²) in [6.07, 6.45) is 5.18. The maximum atomic E-state index is 5.90. The monoisotopic (exact) mass is 238 g/mol. The van der Waals surface area contributed by atoms with E-state index in [2.05, 4.69) is 50.9 Å². The Hall–Kier alpha value is -0.870. The number of aromatic nitrogens is 2. The molecule has 0 spiro atoms. The third-order valence-electron chi connectivity index (χ3n) is 3.54. The van der Waals surface area contributed by atoms with Crippen molar-refractivity contribution in [3.8, 4) is 0 Å². The number of nitrogens with two attached hydrogens (primary N) is 1. The molecule has 0 aliphatic heterocycles. The van der Waals surface area contributed by atoms with Crippen LogP contribution in [0.3, 0.4) is 0 Å². The highest BCUT2D eigenvalue weighted by molar-refractivity contribution is 5.11. The van der Waals surface area contributed by atoms with Crippen molar-refractivity contribution in [1.82, 2.24) is 14.7 Å². The van der Waals surface area contributed by atoms with Crippen LogP contribution in [0, 0.1) is 0 Å². The first-order valence-electron chi connectivity index (χ1n) is 6.47.